The molecule has 5 rings (SSSR count). The van der Waals surface area contributed by atoms with Crippen LogP contribution in [0.2, 0.25) is 0 Å². The normalized spacial score (nSPS) is 25.5. The molecule has 14 heteroatoms. The molecular formula is C31H32F6N2O6. The average molecular weight is 643 g/mol. The van der Waals surface area contributed by atoms with E-state index < -0.39 is 70.5 Å². The van der Waals surface area contributed by atoms with Crippen LogP contribution < -0.4 is 20.1 Å². The first-order valence-electron chi connectivity index (χ1n) is 14.8. The Hall–Kier alpha value is -3.97. The van der Waals surface area contributed by atoms with E-state index in [1.165, 1.54) is 13.2 Å². The van der Waals surface area contributed by atoms with Gasteiger partial charge in [0.15, 0.2) is 34.8 Å². The number of carbonyl (C=O) groups excluding carboxylic acids is 3. The Labute approximate surface area is 254 Å². The number of benzene rings is 2. The van der Waals surface area contributed by atoms with E-state index in [9.17, 15) is 40.7 Å². The predicted octanol–water partition coefficient (Wildman–Crippen LogP) is 5.81. The second-order valence-electron chi connectivity index (χ2n) is 11.6. The molecule has 3 saturated carbocycles. The SMILES string of the molecule is CCOC(=O)C1CCC(Oc2cc(C(=O)N[C@@H]3[C@H]4CC[C@H](C4)[C@@H]3C(=O)Nc3c(F)c(F)c(F)c(F)c3F)c(OC)cc2F)CC1. The third kappa shape index (κ3) is 6.28. The number of methoxy groups -OCH3 is 1. The smallest absolute Gasteiger partial charge is 0.308 e. The number of carbonyl (C=O) groups is 3. The van der Waals surface area contributed by atoms with Gasteiger partial charge in [-0.1, -0.05) is 0 Å². The molecule has 0 spiro atoms. The molecule has 0 saturated heterocycles. The fourth-order valence-electron chi connectivity index (χ4n) is 6.85. The van der Waals surface area contributed by atoms with Gasteiger partial charge in [0.25, 0.3) is 5.91 Å². The van der Waals surface area contributed by atoms with Crippen molar-refractivity contribution in [2.24, 2.45) is 23.7 Å². The number of rotatable bonds is 9. The summed E-state index contributed by atoms with van der Waals surface area (Å²) >= 11 is 0. The largest absolute Gasteiger partial charge is 0.496 e. The van der Waals surface area contributed by atoms with Gasteiger partial charge in [0.1, 0.15) is 11.4 Å². The van der Waals surface area contributed by atoms with Crippen molar-refractivity contribution in [1.29, 1.82) is 0 Å². The van der Waals surface area contributed by atoms with Gasteiger partial charge in [-0.25, -0.2) is 26.3 Å². The Balaban J connectivity index is 1.32. The van der Waals surface area contributed by atoms with E-state index in [0.29, 0.717) is 44.9 Å². The molecule has 2 amide bonds. The Kier molecular flexibility index (Phi) is 9.49. The van der Waals surface area contributed by atoms with Gasteiger partial charge in [0.2, 0.25) is 11.7 Å². The first kappa shape index (κ1) is 32.4. The number of fused-ring (bicyclic) bond motifs is 2. The van der Waals surface area contributed by atoms with E-state index in [1.54, 1.807) is 6.92 Å². The molecule has 0 heterocycles. The Morgan fingerprint density at radius 2 is 1.44 bits per heavy atom. The third-order valence-corrected chi connectivity index (χ3v) is 9.06. The summed E-state index contributed by atoms with van der Waals surface area (Å²) in [6, 6.07) is 1.32. The van der Waals surface area contributed by atoms with Crippen LogP contribution in [0.15, 0.2) is 12.1 Å². The van der Waals surface area contributed by atoms with E-state index in [4.69, 9.17) is 14.2 Å². The highest BCUT2D eigenvalue weighted by Gasteiger charge is 2.52. The number of amides is 2. The van der Waals surface area contributed by atoms with E-state index in [1.807, 2.05) is 5.32 Å². The molecule has 0 unspecified atom stereocenters. The Bertz CT molecular complexity index is 1470. The van der Waals surface area contributed by atoms with Crippen LogP contribution >= 0.6 is 0 Å². The second kappa shape index (κ2) is 13.2. The molecule has 2 bridgehead atoms. The van der Waals surface area contributed by atoms with E-state index >= 15 is 0 Å². The van der Waals surface area contributed by atoms with Crippen LogP contribution in [-0.2, 0) is 14.3 Å². The number of hydrogen-bond acceptors (Lipinski definition) is 6. The van der Waals surface area contributed by atoms with Gasteiger partial charge in [-0.15, -0.1) is 0 Å². The summed E-state index contributed by atoms with van der Waals surface area (Å²) in [5, 5.41) is 4.60. The zero-order valence-electron chi connectivity index (χ0n) is 24.5. The van der Waals surface area contributed by atoms with Crippen LogP contribution in [0.3, 0.4) is 0 Å². The molecule has 2 aromatic rings. The molecule has 0 aromatic heterocycles. The van der Waals surface area contributed by atoms with Gasteiger partial charge in [-0.3, -0.25) is 14.4 Å². The van der Waals surface area contributed by atoms with Crippen LogP contribution in [0.25, 0.3) is 0 Å². The summed E-state index contributed by atoms with van der Waals surface area (Å²) in [5.41, 5.74) is -1.57. The Morgan fingerprint density at radius 3 is 2.07 bits per heavy atom. The van der Waals surface area contributed by atoms with Gasteiger partial charge in [0, 0.05) is 12.1 Å². The first-order chi connectivity index (χ1) is 21.4. The quantitative estimate of drug-likeness (QED) is 0.155. The number of ether oxygens (including phenoxy) is 3. The van der Waals surface area contributed by atoms with Crippen LogP contribution in [0, 0.1) is 58.6 Å². The summed E-state index contributed by atoms with van der Waals surface area (Å²) in [5.74, 6) is -16.1. The summed E-state index contributed by atoms with van der Waals surface area (Å²) in [4.78, 5) is 38.8. The molecule has 2 N–H and O–H groups in total. The molecule has 3 fully saturated rings. The van der Waals surface area contributed by atoms with E-state index in [2.05, 4.69) is 5.32 Å². The van der Waals surface area contributed by atoms with Crippen LogP contribution in [0.4, 0.5) is 32.0 Å². The highest BCUT2D eigenvalue weighted by atomic mass is 19.2. The van der Waals surface area contributed by atoms with Crippen molar-refractivity contribution in [2.75, 3.05) is 19.0 Å². The van der Waals surface area contributed by atoms with Crippen molar-refractivity contribution in [3.63, 3.8) is 0 Å². The molecule has 244 valence electrons. The topological polar surface area (TPSA) is 103 Å². The number of nitrogens with one attached hydrogen (secondary N) is 2. The summed E-state index contributed by atoms with van der Waals surface area (Å²) in [6.07, 6.45) is 3.16. The summed E-state index contributed by atoms with van der Waals surface area (Å²) in [6.45, 7) is 2.00. The maximum Gasteiger partial charge on any atom is 0.308 e. The highest BCUT2D eigenvalue weighted by molar-refractivity contribution is 5.99. The maximum atomic E-state index is 15.0. The molecule has 2 aromatic carbocycles. The molecule has 8 nitrogen and oxygen atoms in total. The van der Waals surface area contributed by atoms with E-state index in [0.717, 1.165) is 6.07 Å². The highest BCUT2D eigenvalue weighted by Crippen LogP contribution is 2.49. The maximum absolute atomic E-state index is 15.0. The van der Waals surface area contributed by atoms with Crippen molar-refractivity contribution in [3.05, 3.63) is 52.6 Å². The minimum atomic E-state index is -2.35. The second-order valence-corrected chi connectivity index (χ2v) is 11.6. The van der Waals surface area contributed by atoms with Crippen molar-refractivity contribution < 1.29 is 54.9 Å². The van der Waals surface area contributed by atoms with Gasteiger partial charge >= 0.3 is 5.97 Å². The molecule has 3 aliphatic rings. The average Bonchev–Trinajstić information content (AvgIpc) is 3.64. The van der Waals surface area contributed by atoms with Gasteiger partial charge < -0.3 is 24.8 Å². The van der Waals surface area contributed by atoms with Gasteiger partial charge in [-0.05, 0) is 69.8 Å². The van der Waals surface area contributed by atoms with Gasteiger partial charge in [0.05, 0.1) is 37.2 Å². The first-order valence-corrected chi connectivity index (χ1v) is 14.8. The lowest BCUT2D eigenvalue weighted by molar-refractivity contribution is -0.149. The van der Waals surface area contributed by atoms with Crippen molar-refractivity contribution in [2.45, 2.75) is 64.0 Å². The lowest BCUT2D eigenvalue weighted by atomic mass is 9.83. The summed E-state index contributed by atoms with van der Waals surface area (Å²) < 4.78 is 101. The lowest BCUT2D eigenvalue weighted by Gasteiger charge is -2.31. The van der Waals surface area contributed by atoms with Crippen LogP contribution in [0.1, 0.15) is 62.2 Å². The Morgan fingerprint density at radius 1 is 0.822 bits per heavy atom. The minimum Gasteiger partial charge on any atom is -0.496 e. The molecule has 45 heavy (non-hydrogen) atoms. The number of halogens is 6. The molecular weight excluding hydrogens is 610 g/mol. The fraction of sp³-hybridized carbons (Fsp3) is 0.516. The molecule has 3 aliphatic carbocycles. The molecule has 0 radical (unpaired) electrons. The van der Waals surface area contributed by atoms with Crippen molar-refractivity contribution in [3.8, 4) is 11.5 Å². The predicted molar refractivity (Wildman–Crippen MR) is 146 cm³/mol. The molecule has 0 aliphatic heterocycles. The number of anilines is 1. The van der Waals surface area contributed by atoms with Crippen LogP contribution in [0.5, 0.6) is 11.5 Å². The standard InChI is InChI=1S/C31H32F6N2O6/c1-3-44-31(42)13-6-8-16(9-7-13)45-20-11-17(19(43-2)12-18(20)32)29(40)38-27-15-5-4-14(10-15)21(27)30(41)39-28-25(36)23(34)22(33)24(35)26(28)37/h11-16,21,27H,3-10H2,1-2H3,(H,38,40)(H,39,41)/t13?,14-,15+,16?,21+,27-/m1/s1. The van der Waals surface area contributed by atoms with Crippen molar-refractivity contribution >= 4 is 23.5 Å². The fourth-order valence-corrected chi connectivity index (χ4v) is 6.85. The zero-order valence-corrected chi connectivity index (χ0v) is 24.5. The van der Waals surface area contributed by atoms with Crippen LogP contribution in [-0.4, -0.2) is 43.6 Å². The van der Waals surface area contributed by atoms with Gasteiger partial charge in [-0.2, -0.15) is 0 Å². The monoisotopic (exact) mass is 642 g/mol. The lowest BCUT2D eigenvalue weighted by Crippen LogP contribution is -2.48. The zero-order chi connectivity index (χ0) is 32.6. The van der Waals surface area contributed by atoms with E-state index in [-0.39, 0.29) is 47.4 Å². The number of hydrogen-bond donors (Lipinski definition) is 2. The molecule has 4 atom stereocenters. The number of esters is 1. The van der Waals surface area contributed by atoms with Crippen molar-refractivity contribution in [1.82, 2.24) is 5.32 Å². The summed E-state index contributed by atoms with van der Waals surface area (Å²) in [7, 11) is 1.24. The minimum absolute atomic E-state index is 0.101. The third-order valence-electron chi connectivity index (χ3n) is 9.06.